The molecular weight excluding hydrogens is 376 g/mol. The molecule has 1 saturated heterocycles. The van der Waals surface area contributed by atoms with Crippen molar-refractivity contribution in [2.45, 2.75) is 43.7 Å². The average molecular weight is 411 g/mol. The number of benzene rings is 2. The zero-order valence-electron chi connectivity index (χ0n) is 17.8. The van der Waals surface area contributed by atoms with E-state index in [1.165, 1.54) is 42.1 Å². The Bertz CT molecular complexity index is 760. The minimum absolute atomic E-state index is 0.409. The predicted octanol–water partition coefficient (Wildman–Crippen LogP) is 5.48. The van der Waals surface area contributed by atoms with Crippen molar-refractivity contribution in [1.29, 1.82) is 0 Å². The van der Waals surface area contributed by atoms with Gasteiger partial charge in [0.1, 0.15) is 0 Å². The first kappa shape index (κ1) is 20.8. The molecule has 29 heavy (non-hydrogen) atoms. The maximum Gasteiger partial charge on any atom is 0.0639 e. The third-order valence-corrected chi connectivity index (χ3v) is 7.10. The zero-order chi connectivity index (χ0) is 20.1. The maximum absolute atomic E-state index is 6.17. The number of likely N-dealkylation sites (tertiary alicyclic amines) is 1. The Hall–Kier alpha value is -1.49. The summed E-state index contributed by atoms with van der Waals surface area (Å²) in [6, 6.07) is 20.8. The van der Waals surface area contributed by atoms with Crippen molar-refractivity contribution in [2.75, 3.05) is 43.5 Å². The molecule has 2 heterocycles. The van der Waals surface area contributed by atoms with Crippen LogP contribution in [0.3, 0.4) is 0 Å². The zero-order valence-corrected chi connectivity index (χ0v) is 18.6. The summed E-state index contributed by atoms with van der Waals surface area (Å²) in [5.41, 5.74) is 2.79. The van der Waals surface area contributed by atoms with Crippen LogP contribution in [-0.4, -0.2) is 49.5 Å². The molecule has 156 valence electrons. The van der Waals surface area contributed by atoms with Crippen LogP contribution in [-0.2, 0) is 4.74 Å². The monoisotopic (exact) mass is 410 g/mol. The molecule has 0 bridgehead atoms. The van der Waals surface area contributed by atoms with E-state index in [1.807, 2.05) is 11.8 Å². The van der Waals surface area contributed by atoms with Gasteiger partial charge in [0.05, 0.1) is 24.4 Å². The second kappa shape index (κ2) is 10.0. The lowest BCUT2D eigenvalue weighted by molar-refractivity contribution is 0.0563. The number of anilines is 1. The first-order valence-corrected chi connectivity index (χ1v) is 12.1. The van der Waals surface area contributed by atoms with E-state index >= 15 is 0 Å². The van der Waals surface area contributed by atoms with E-state index in [9.17, 15) is 0 Å². The second-order valence-electron chi connectivity index (χ2n) is 8.69. The van der Waals surface area contributed by atoms with E-state index in [4.69, 9.17) is 4.74 Å². The summed E-state index contributed by atoms with van der Waals surface area (Å²) in [5, 5.41) is 0. The molecule has 0 aromatic heterocycles. The Morgan fingerprint density at radius 3 is 2.45 bits per heavy atom. The Morgan fingerprint density at radius 2 is 1.69 bits per heavy atom. The molecule has 0 N–H and O–H groups in total. The number of fused-ring (bicyclic) bond motifs is 1. The second-order valence-corrected chi connectivity index (χ2v) is 9.75. The van der Waals surface area contributed by atoms with E-state index in [0.29, 0.717) is 18.0 Å². The first-order chi connectivity index (χ1) is 14.2. The number of thioether (sulfide) groups is 1. The van der Waals surface area contributed by atoms with E-state index in [-0.39, 0.29) is 0 Å². The van der Waals surface area contributed by atoms with Gasteiger partial charge >= 0.3 is 0 Å². The lowest BCUT2D eigenvalue weighted by atomic mass is 10.0. The van der Waals surface area contributed by atoms with Crippen molar-refractivity contribution in [3.63, 3.8) is 0 Å². The van der Waals surface area contributed by atoms with Crippen molar-refractivity contribution in [3.05, 3.63) is 60.2 Å². The molecular formula is C25H34N2OS. The summed E-state index contributed by atoms with van der Waals surface area (Å²) in [6.07, 6.45) is 2.63. The van der Waals surface area contributed by atoms with E-state index in [2.05, 4.69) is 78.2 Å². The van der Waals surface area contributed by atoms with Gasteiger partial charge in [-0.05, 0) is 49.5 Å². The molecule has 2 atom stereocenters. The number of hydrogen-bond donors (Lipinski definition) is 0. The molecule has 3 nitrogen and oxygen atoms in total. The number of nitrogens with zero attached hydrogens (tertiary/aromatic N) is 2. The minimum atomic E-state index is 0.409. The fourth-order valence-corrected chi connectivity index (χ4v) is 5.68. The molecule has 0 radical (unpaired) electrons. The highest BCUT2D eigenvalue weighted by Crippen LogP contribution is 2.43. The van der Waals surface area contributed by atoms with Gasteiger partial charge in [-0.15, -0.1) is 11.8 Å². The number of hydrogen-bond acceptors (Lipinski definition) is 4. The van der Waals surface area contributed by atoms with Crippen LogP contribution in [0.15, 0.2) is 59.5 Å². The molecule has 2 aromatic carbocycles. The van der Waals surface area contributed by atoms with E-state index in [1.54, 1.807) is 0 Å². The van der Waals surface area contributed by atoms with Crippen LogP contribution < -0.4 is 4.90 Å². The normalized spacial score (nSPS) is 20.8. The van der Waals surface area contributed by atoms with Crippen LogP contribution in [0.2, 0.25) is 0 Å². The van der Waals surface area contributed by atoms with Crippen molar-refractivity contribution in [2.24, 2.45) is 5.92 Å². The van der Waals surface area contributed by atoms with Gasteiger partial charge < -0.3 is 9.64 Å². The quantitative estimate of drug-likeness (QED) is 0.572. The third-order valence-electron chi connectivity index (χ3n) is 5.96. The first-order valence-electron chi connectivity index (χ1n) is 11.1. The van der Waals surface area contributed by atoms with Gasteiger partial charge in [-0.2, -0.15) is 0 Å². The van der Waals surface area contributed by atoms with Crippen LogP contribution in [0.25, 0.3) is 0 Å². The highest BCUT2D eigenvalue weighted by Gasteiger charge is 2.32. The smallest absolute Gasteiger partial charge is 0.0639 e. The largest absolute Gasteiger partial charge is 0.379 e. The number of rotatable bonds is 8. The van der Waals surface area contributed by atoms with Crippen LogP contribution in [0.5, 0.6) is 0 Å². The van der Waals surface area contributed by atoms with E-state index < -0.39 is 0 Å². The fraction of sp³-hybridized carbons (Fsp3) is 0.520. The fourth-order valence-electron chi connectivity index (χ4n) is 4.47. The standard InChI is InChI=1S/C25H34N2OS/c1-20(2)17-28-18-22(26-14-8-9-15-26)16-27-23-12-6-7-13-25(23)29-19-24(27)21-10-4-3-5-11-21/h3-7,10-13,20,22,24H,8-9,14-19H2,1-2H3. The highest BCUT2D eigenvalue weighted by molar-refractivity contribution is 7.99. The van der Waals surface area contributed by atoms with Crippen molar-refractivity contribution >= 4 is 17.4 Å². The molecule has 2 aliphatic heterocycles. The molecule has 0 amide bonds. The van der Waals surface area contributed by atoms with Gasteiger partial charge in [-0.1, -0.05) is 56.3 Å². The number of para-hydroxylation sites is 1. The molecule has 0 spiro atoms. The van der Waals surface area contributed by atoms with Gasteiger partial charge in [-0.25, -0.2) is 0 Å². The average Bonchev–Trinajstić information content (AvgIpc) is 3.28. The van der Waals surface area contributed by atoms with Gasteiger partial charge in [0.25, 0.3) is 0 Å². The molecule has 0 aliphatic carbocycles. The molecule has 0 saturated carbocycles. The van der Waals surface area contributed by atoms with Crippen molar-refractivity contribution in [1.82, 2.24) is 4.90 Å². The van der Waals surface area contributed by atoms with E-state index in [0.717, 1.165) is 25.5 Å². The molecule has 1 fully saturated rings. The molecule has 2 aliphatic rings. The summed E-state index contributed by atoms with van der Waals surface area (Å²) < 4.78 is 6.17. The summed E-state index contributed by atoms with van der Waals surface area (Å²) in [5.74, 6) is 1.68. The van der Waals surface area contributed by atoms with Crippen molar-refractivity contribution < 1.29 is 4.74 Å². The van der Waals surface area contributed by atoms with Gasteiger partial charge in [-0.3, -0.25) is 4.90 Å². The van der Waals surface area contributed by atoms with Gasteiger partial charge in [0.15, 0.2) is 0 Å². The Labute approximate surface area is 180 Å². The molecule has 2 aromatic rings. The van der Waals surface area contributed by atoms with Crippen LogP contribution in [0.4, 0.5) is 5.69 Å². The van der Waals surface area contributed by atoms with Crippen LogP contribution in [0.1, 0.15) is 38.3 Å². The SMILES string of the molecule is CC(C)COCC(CN1c2ccccc2SCC1c1ccccc1)N1CCCC1. The lowest BCUT2D eigenvalue weighted by Gasteiger charge is -2.42. The van der Waals surface area contributed by atoms with Crippen LogP contribution >= 0.6 is 11.8 Å². The predicted molar refractivity (Wildman–Crippen MR) is 124 cm³/mol. The highest BCUT2D eigenvalue weighted by atomic mass is 32.2. The topological polar surface area (TPSA) is 15.7 Å². The van der Waals surface area contributed by atoms with Gasteiger partial charge in [0, 0.05) is 23.8 Å². The van der Waals surface area contributed by atoms with Crippen molar-refractivity contribution in [3.8, 4) is 0 Å². The Kier molecular flexibility index (Phi) is 7.17. The molecule has 4 heteroatoms. The molecule has 2 unspecified atom stereocenters. The third kappa shape index (κ3) is 5.17. The number of ether oxygens (including phenoxy) is 1. The Balaban J connectivity index is 1.59. The summed E-state index contributed by atoms with van der Waals surface area (Å²) in [4.78, 5) is 6.72. The summed E-state index contributed by atoms with van der Waals surface area (Å²) >= 11 is 1.99. The summed E-state index contributed by atoms with van der Waals surface area (Å²) in [6.45, 7) is 9.56. The molecule has 4 rings (SSSR count). The minimum Gasteiger partial charge on any atom is -0.379 e. The maximum atomic E-state index is 6.17. The Morgan fingerprint density at radius 1 is 0.966 bits per heavy atom. The lowest BCUT2D eigenvalue weighted by Crippen LogP contribution is -2.48. The van der Waals surface area contributed by atoms with Gasteiger partial charge in [0.2, 0.25) is 0 Å². The van der Waals surface area contributed by atoms with Crippen LogP contribution in [0, 0.1) is 5.92 Å². The summed E-state index contributed by atoms with van der Waals surface area (Å²) in [7, 11) is 0.